The number of rotatable bonds is 3. The molecule has 72 valence electrons. The zero-order chi connectivity index (χ0) is 9.86. The van der Waals surface area contributed by atoms with Crippen LogP contribution in [0, 0.1) is 16.7 Å². The van der Waals surface area contributed by atoms with Gasteiger partial charge in [-0.2, -0.15) is 5.26 Å². The van der Waals surface area contributed by atoms with Gasteiger partial charge in [-0.1, -0.05) is 24.6 Å². The Balaban J connectivity index is 1.92. The summed E-state index contributed by atoms with van der Waals surface area (Å²) in [6, 6.07) is 12.0. The Morgan fingerprint density at radius 1 is 1.29 bits per heavy atom. The van der Waals surface area contributed by atoms with Crippen LogP contribution in [-0.2, 0) is 0 Å². The van der Waals surface area contributed by atoms with Crippen molar-refractivity contribution in [3.8, 4) is 11.8 Å². The molecular weight excluding hydrogens is 174 g/mol. The maximum atomic E-state index is 8.98. The lowest BCUT2D eigenvalue weighted by Gasteiger charge is -2.34. The van der Waals surface area contributed by atoms with Gasteiger partial charge in [-0.15, -0.1) is 0 Å². The van der Waals surface area contributed by atoms with Gasteiger partial charge in [0.2, 0.25) is 0 Å². The van der Waals surface area contributed by atoms with Crippen molar-refractivity contribution in [1.82, 2.24) is 0 Å². The lowest BCUT2D eigenvalue weighted by atomic mass is 9.71. The molecule has 0 radical (unpaired) electrons. The number of benzene rings is 1. The van der Waals surface area contributed by atoms with E-state index in [1.807, 2.05) is 30.3 Å². The Labute approximate surface area is 84.1 Å². The van der Waals surface area contributed by atoms with Crippen molar-refractivity contribution in [2.45, 2.75) is 19.3 Å². The van der Waals surface area contributed by atoms with Crippen LogP contribution in [0.5, 0.6) is 5.75 Å². The van der Waals surface area contributed by atoms with E-state index in [2.05, 4.69) is 6.07 Å². The molecule has 0 aliphatic heterocycles. The summed E-state index contributed by atoms with van der Waals surface area (Å²) in [4.78, 5) is 0. The highest BCUT2D eigenvalue weighted by atomic mass is 16.5. The van der Waals surface area contributed by atoms with Gasteiger partial charge in [-0.25, -0.2) is 0 Å². The number of nitrogens with zero attached hydrogens (tertiary/aromatic N) is 1. The second kappa shape index (κ2) is 3.71. The van der Waals surface area contributed by atoms with Gasteiger partial charge in [0.1, 0.15) is 12.4 Å². The average Bonchev–Trinajstić information content (AvgIpc) is 2.19. The fraction of sp³-hybridized carbons (Fsp3) is 0.417. The second-order valence-corrected chi connectivity index (χ2v) is 3.85. The summed E-state index contributed by atoms with van der Waals surface area (Å²) in [5.41, 5.74) is -0.199. The van der Waals surface area contributed by atoms with Crippen LogP contribution >= 0.6 is 0 Å². The average molecular weight is 187 g/mol. The summed E-state index contributed by atoms with van der Waals surface area (Å²) in [6.07, 6.45) is 3.12. The highest BCUT2D eigenvalue weighted by Crippen LogP contribution is 2.40. The number of nitriles is 1. The lowest BCUT2D eigenvalue weighted by molar-refractivity contribution is 0.115. The molecule has 2 heteroatoms. The van der Waals surface area contributed by atoms with Crippen molar-refractivity contribution in [3.63, 3.8) is 0 Å². The molecule has 0 spiro atoms. The molecule has 1 fully saturated rings. The zero-order valence-electron chi connectivity index (χ0n) is 8.07. The Morgan fingerprint density at radius 3 is 2.50 bits per heavy atom. The van der Waals surface area contributed by atoms with Gasteiger partial charge in [-0.05, 0) is 25.0 Å². The SMILES string of the molecule is N#CC1(COc2ccccc2)CCC1. The van der Waals surface area contributed by atoms with E-state index in [-0.39, 0.29) is 5.41 Å². The van der Waals surface area contributed by atoms with Crippen molar-refractivity contribution < 1.29 is 4.74 Å². The Hall–Kier alpha value is -1.49. The predicted octanol–water partition coefficient (Wildman–Crippen LogP) is 2.76. The molecule has 2 nitrogen and oxygen atoms in total. The smallest absolute Gasteiger partial charge is 0.119 e. The summed E-state index contributed by atoms with van der Waals surface area (Å²) in [6.45, 7) is 0.535. The van der Waals surface area contributed by atoms with E-state index in [1.54, 1.807) is 0 Å². The van der Waals surface area contributed by atoms with Crippen molar-refractivity contribution in [1.29, 1.82) is 5.26 Å². The predicted molar refractivity (Wildman–Crippen MR) is 53.8 cm³/mol. The number of para-hydroxylation sites is 1. The van der Waals surface area contributed by atoms with E-state index < -0.39 is 0 Å². The molecule has 0 N–H and O–H groups in total. The van der Waals surface area contributed by atoms with Gasteiger partial charge < -0.3 is 4.74 Å². The first-order chi connectivity index (χ1) is 6.85. The van der Waals surface area contributed by atoms with Crippen molar-refractivity contribution in [3.05, 3.63) is 30.3 Å². The van der Waals surface area contributed by atoms with E-state index in [1.165, 1.54) is 0 Å². The normalized spacial score (nSPS) is 17.9. The van der Waals surface area contributed by atoms with Gasteiger partial charge in [0.05, 0.1) is 11.5 Å². The van der Waals surface area contributed by atoms with E-state index in [0.717, 1.165) is 25.0 Å². The van der Waals surface area contributed by atoms with Crippen LogP contribution in [0.1, 0.15) is 19.3 Å². The topological polar surface area (TPSA) is 33.0 Å². The molecule has 0 unspecified atom stereocenters. The van der Waals surface area contributed by atoms with Crippen molar-refractivity contribution in [2.24, 2.45) is 5.41 Å². The molecule has 0 bridgehead atoms. The molecule has 0 amide bonds. The number of ether oxygens (including phenoxy) is 1. The Kier molecular flexibility index (Phi) is 2.41. The van der Waals surface area contributed by atoms with Gasteiger partial charge >= 0.3 is 0 Å². The maximum Gasteiger partial charge on any atom is 0.119 e. The van der Waals surface area contributed by atoms with Crippen LogP contribution < -0.4 is 4.74 Å². The maximum absolute atomic E-state index is 8.98. The Bertz CT molecular complexity index is 335. The highest BCUT2D eigenvalue weighted by molar-refractivity contribution is 5.21. The third-order valence-electron chi connectivity index (χ3n) is 2.81. The van der Waals surface area contributed by atoms with E-state index in [0.29, 0.717) is 6.61 Å². The summed E-state index contributed by atoms with van der Waals surface area (Å²) >= 11 is 0. The van der Waals surface area contributed by atoms with Gasteiger partial charge in [0.15, 0.2) is 0 Å². The minimum atomic E-state index is -0.199. The first-order valence-corrected chi connectivity index (χ1v) is 4.94. The fourth-order valence-corrected chi connectivity index (χ4v) is 1.63. The van der Waals surface area contributed by atoms with Crippen LogP contribution in [0.4, 0.5) is 0 Å². The molecular formula is C12H13NO. The van der Waals surface area contributed by atoms with Crippen LogP contribution in [0.15, 0.2) is 30.3 Å². The lowest BCUT2D eigenvalue weighted by Crippen LogP contribution is -2.34. The molecule has 1 saturated carbocycles. The molecule has 1 aromatic rings. The van der Waals surface area contributed by atoms with Crippen LogP contribution in [0.3, 0.4) is 0 Å². The number of hydrogen-bond donors (Lipinski definition) is 0. The third kappa shape index (κ3) is 1.72. The fourth-order valence-electron chi connectivity index (χ4n) is 1.63. The largest absolute Gasteiger partial charge is 0.492 e. The van der Waals surface area contributed by atoms with Gasteiger partial charge in [-0.3, -0.25) is 0 Å². The highest BCUT2D eigenvalue weighted by Gasteiger charge is 2.38. The molecule has 2 rings (SSSR count). The summed E-state index contributed by atoms with van der Waals surface area (Å²) in [5.74, 6) is 0.856. The summed E-state index contributed by atoms with van der Waals surface area (Å²) in [7, 11) is 0. The van der Waals surface area contributed by atoms with Crippen molar-refractivity contribution in [2.75, 3.05) is 6.61 Å². The molecule has 0 saturated heterocycles. The molecule has 1 aliphatic carbocycles. The summed E-state index contributed by atoms with van der Waals surface area (Å²) < 4.78 is 5.58. The van der Waals surface area contributed by atoms with Gasteiger partial charge in [0, 0.05) is 0 Å². The molecule has 0 atom stereocenters. The molecule has 1 aromatic carbocycles. The van der Waals surface area contributed by atoms with E-state index >= 15 is 0 Å². The van der Waals surface area contributed by atoms with E-state index in [4.69, 9.17) is 10.00 Å². The first-order valence-electron chi connectivity index (χ1n) is 4.94. The minimum Gasteiger partial charge on any atom is -0.492 e. The standard InChI is InChI=1S/C12H13NO/c13-9-12(7-4-8-12)10-14-11-5-2-1-3-6-11/h1-3,5-6H,4,7-8,10H2. The van der Waals surface area contributed by atoms with Crippen LogP contribution in [-0.4, -0.2) is 6.61 Å². The summed E-state index contributed by atoms with van der Waals surface area (Å²) in [5, 5.41) is 8.98. The van der Waals surface area contributed by atoms with Crippen molar-refractivity contribution >= 4 is 0 Å². The first kappa shape index (κ1) is 9.08. The second-order valence-electron chi connectivity index (χ2n) is 3.85. The van der Waals surface area contributed by atoms with Gasteiger partial charge in [0.25, 0.3) is 0 Å². The van der Waals surface area contributed by atoms with Crippen LogP contribution in [0.25, 0.3) is 0 Å². The molecule has 1 aliphatic rings. The molecule has 14 heavy (non-hydrogen) atoms. The Morgan fingerprint density at radius 2 is 2.00 bits per heavy atom. The minimum absolute atomic E-state index is 0.199. The third-order valence-corrected chi connectivity index (χ3v) is 2.81. The van der Waals surface area contributed by atoms with E-state index in [9.17, 15) is 0 Å². The number of hydrogen-bond acceptors (Lipinski definition) is 2. The quantitative estimate of drug-likeness (QED) is 0.729. The molecule has 0 heterocycles. The molecule has 0 aromatic heterocycles. The monoisotopic (exact) mass is 187 g/mol. The zero-order valence-corrected chi connectivity index (χ0v) is 8.07. The van der Waals surface area contributed by atoms with Crippen LogP contribution in [0.2, 0.25) is 0 Å².